The highest BCUT2D eigenvalue weighted by Gasteiger charge is 2.55. The number of hydrogen-bond acceptors (Lipinski definition) is 9. The third-order valence-corrected chi connectivity index (χ3v) is 15.9. The van der Waals surface area contributed by atoms with Crippen LogP contribution in [0, 0.1) is 29.3 Å². The number of H-pyrrole nitrogens is 1. The van der Waals surface area contributed by atoms with E-state index in [9.17, 15) is 27.2 Å². The number of aromatic nitrogens is 2. The molecule has 3 aromatic carbocycles. The summed E-state index contributed by atoms with van der Waals surface area (Å²) < 4.78 is 80.8. The normalized spacial score (nSPS) is 23.2. The van der Waals surface area contributed by atoms with E-state index < -0.39 is 62.4 Å². The summed E-state index contributed by atoms with van der Waals surface area (Å²) in [5, 5.41) is 6.09. The predicted octanol–water partition coefficient (Wildman–Crippen LogP) is 6.71. The average molecular weight is 939 g/mol. The van der Waals surface area contributed by atoms with E-state index in [4.69, 9.17) is 4.74 Å². The van der Waals surface area contributed by atoms with Gasteiger partial charge in [0.25, 0.3) is 5.91 Å². The molecule has 5 aromatic rings. The maximum absolute atomic E-state index is 15.8. The van der Waals surface area contributed by atoms with E-state index in [1.165, 1.54) is 16.6 Å². The molecule has 10 rings (SSSR count). The molecule has 7 heterocycles. The Morgan fingerprint density at radius 2 is 1.63 bits per heavy atom. The Balaban J connectivity index is 0.727. The second kappa shape index (κ2) is 18.0. The maximum atomic E-state index is 15.8. The van der Waals surface area contributed by atoms with Gasteiger partial charge in [0.2, 0.25) is 11.7 Å². The summed E-state index contributed by atoms with van der Waals surface area (Å²) in [6.07, 6.45) is 8.35. The number of fused-ring (bicyclic) bond motifs is 1. The van der Waals surface area contributed by atoms with Gasteiger partial charge in [-0.15, -0.1) is 0 Å². The number of rotatable bonds is 12. The second-order valence-corrected chi connectivity index (χ2v) is 20.5. The van der Waals surface area contributed by atoms with E-state index in [-0.39, 0.29) is 48.4 Å². The van der Waals surface area contributed by atoms with Crippen molar-refractivity contribution >= 4 is 50.2 Å². The van der Waals surface area contributed by atoms with Crippen LogP contribution in [0.4, 0.5) is 24.5 Å². The first-order chi connectivity index (χ1) is 32.2. The molecule has 2 amide bonds. The van der Waals surface area contributed by atoms with E-state index in [2.05, 4.69) is 47.3 Å². The largest absolute Gasteiger partial charge is 0.372 e. The fraction of sp³-hybridized carbons (Fsp3) is 0.429. The number of benzene rings is 3. The Labute approximate surface area is 386 Å². The van der Waals surface area contributed by atoms with Gasteiger partial charge in [0.15, 0.2) is 11.5 Å². The number of aromatic amines is 1. The second-order valence-electron chi connectivity index (χ2n) is 18.9. The lowest BCUT2D eigenvalue weighted by atomic mass is 9.87. The molecule has 67 heavy (non-hydrogen) atoms. The number of nitrogens with one attached hydrogen (secondary N) is 4. The Morgan fingerprint density at radius 3 is 2.34 bits per heavy atom. The molecule has 14 nitrogen and oxygen atoms in total. The summed E-state index contributed by atoms with van der Waals surface area (Å²) in [4.78, 5) is 51.2. The number of amides is 2. The third-order valence-electron chi connectivity index (χ3n) is 14.4. The lowest BCUT2D eigenvalue weighted by Crippen LogP contribution is -2.58. The standard InChI is InChI=1S/C49H53F3N8O6S/c1-29-12-21-60(26-29)67(64,65)57-41-9-8-40(51)44(45(41)52)46(62)38-25-54-47-36(38)23-34(24-53-47)31-2-5-35(6-3-31)59-19-13-30(14-20-59)27-58-17-15-32(16-18-58)33-4-7-39(50)37(22-33)48(63)55-42-10-11-43(61)56-49(42)28-66-49/h2-9,22-25,29-30,32,42,57H,10-21,26-28H2,1H3,(H,53,54)(H,55,63)(H,56,61)/t29-,42-,49?/m1/s1. The number of hydrogen-bond donors (Lipinski definition) is 4. The van der Waals surface area contributed by atoms with Gasteiger partial charge in [0.05, 0.1) is 29.5 Å². The zero-order valence-electron chi connectivity index (χ0n) is 37.1. The van der Waals surface area contributed by atoms with Crippen molar-refractivity contribution in [3.05, 3.63) is 113 Å². The van der Waals surface area contributed by atoms with Crippen LogP contribution in [0.5, 0.6) is 0 Å². The van der Waals surface area contributed by atoms with Crippen molar-refractivity contribution in [3.63, 3.8) is 0 Å². The van der Waals surface area contributed by atoms with E-state index >= 15 is 8.78 Å². The molecule has 1 unspecified atom stereocenters. The summed E-state index contributed by atoms with van der Waals surface area (Å²) in [6, 6.07) is 16.2. The van der Waals surface area contributed by atoms with Crippen LogP contribution in [0.1, 0.15) is 89.6 Å². The van der Waals surface area contributed by atoms with Crippen molar-refractivity contribution in [1.29, 1.82) is 0 Å². The molecule has 5 aliphatic heterocycles. The molecular weight excluding hydrogens is 886 g/mol. The quantitative estimate of drug-likeness (QED) is 0.0785. The van der Waals surface area contributed by atoms with Crippen LogP contribution in [0.3, 0.4) is 0 Å². The smallest absolute Gasteiger partial charge is 0.301 e. The molecule has 5 fully saturated rings. The summed E-state index contributed by atoms with van der Waals surface area (Å²) in [5.74, 6) is -3.60. The molecule has 0 saturated carbocycles. The number of piperidine rings is 3. The first-order valence-corrected chi connectivity index (χ1v) is 24.6. The summed E-state index contributed by atoms with van der Waals surface area (Å²) >= 11 is 0. The van der Waals surface area contributed by atoms with E-state index in [0.29, 0.717) is 42.0 Å². The van der Waals surface area contributed by atoms with Crippen molar-refractivity contribution in [1.82, 2.24) is 29.8 Å². The minimum Gasteiger partial charge on any atom is -0.372 e. The van der Waals surface area contributed by atoms with Gasteiger partial charge >= 0.3 is 10.2 Å². The van der Waals surface area contributed by atoms with Crippen LogP contribution in [0.25, 0.3) is 22.2 Å². The number of carbonyl (C=O) groups excluding carboxylic acids is 3. The SMILES string of the molecule is C[C@@H]1CCN(S(=O)(=O)Nc2ccc(F)c(C(=O)c3c[nH]c4ncc(-c5ccc(N6CCC(CN7CCC(c8ccc(F)c(C(=O)N[C@@H]9CCC(=O)NC9%10CO%10)c8)CC7)CC6)cc5)cc34)c2F)C1. The molecule has 18 heteroatoms. The Bertz CT molecular complexity index is 2840. The number of likely N-dealkylation sites (tertiary alicyclic amines) is 1. The van der Waals surface area contributed by atoms with Crippen LogP contribution in [0.15, 0.2) is 73.1 Å². The summed E-state index contributed by atoms with van der Waals surface area (Å²) in [5.41, 5.74) is 1.73. The molecular formula is C49H53F3N8O6S. The minimum atomic E-state index is -4.12. The van der Waals surface area contributed by atoms with Gasteiger partial charge in [-0.2, -0.15) is 12.7 Å². The highest BCUT2D eigenvalue weighted by Crippen LogP contribution is 2.36. The third kappa shape index (κ3) is 9.15. The molecule has 5 aliphatic rings. The summed E-state index contributed by atoms with van der Waals surface area (Å²) in [7, 11) is -4.12. The van der Waals surface area contributed by atoms with Gasteiger partial charge in [-0.05, 0) is 123 Å². The van der Waals surface area contributed by atoms with Crippen LogP contribution in [0.2, 0.25) is 0 Å². The molecule has 4 N–H and O–H groups in total. The zero-order valence-corrected chi connectivity index (χ0v) is 37.9. The van der Waals surface area contributed by atoms with Gasteiger partial charge in [0.1, 0.15) is 17.3 Å². The number of epoxide rings is 1. The molecule has 1 spiro atoms. The number of pyridine rings is 1. The Kier molecular flexibility index (Phi) is 12.1. The number of ketones is 1. The van der Waals surface area contributed by atoms with Gasteiger partial charge in [-0.25, -0.2) is 18.2 Å². The number of halogens is 3. The number of nitrogens with zero attached hydrogens (tertiary/aromatic N) is 4. The fourth-order valence-electron chi connectivity index (χ4n) is 10.3. The maximum Gasteiger partial charge on any atom is 0.301 e. The monoisotopic (exact) mass is 938 g/mol. The van der Waals surface area contributed by atoms with Crippen LogP contribution in [-0.4, -0.2) is 109 Å². The lowest BCUT2D eigenvalue weighted by molar-refractivity contribution is -0.125. The fourth-order valence-corrected chi connectivity index (χ4v) is 11.7. The molecule has 0 aliphatic carbocycles. The minimum absolute atomic E-state index is 0.000698. The van der Waals surface area contributed by atoms with Crippen LogP contribution < -0.4 is 20.3 Å². The van der Waals surface area contributed by atoms with Crippen molar-refractivity contribution in [2.75, 3.05) is 62.0 Å². The number of ether oxygens (including phenoxy) is 1. The van der Waals surface area contributed by atoms with Gasteiger partial charge < -0.3 is 30.2 Å². The number of anilines is 2. The molecule has 352 valence electrons. The molecule has 3 atom stereocenters. The Hall–Kier alpha value is -5.82. The van der Waals surface area contributed by atoms with Crippen molar-refractivity contribution in [2.45, 2.75) is 69.6 Å². The van der Waals surface area contributed by atoms with Gasteiger partial charge in [-0.1, -0.05) is 25.1 Å². The topological polar surface area (TPSA) is 172 Å². The number of carbonyl (C=O) groups is 3. The lowest BCUT2D eigenvalue weighted by Gasteiger charge is -2.38. The first kappa shape index (κ1) is 45.0. The highest BCUT2D eigenvalue weighted by molar-refractivity contribution is 7.90. The van der Waals surface area contributed by atoms with Crippen LogP contribution in [-0.2, 0) is 19.7 Å². The van der Waals surface area contributed by atoms with Gasteiger partial charge in [0, 0.05) is 73.7 Å². The molecule has 2 aromatic heterocycles. The van der Waals surface area contributed by atoms with E-state index in [1.807, 2.05) is 19.1 Å². The van der Waals surface area contributed by atoms with Crippen molar-refractivity contribution < 1.29 is 40.7 Å². The molecule has 5 saturated heterocycles. The average Bonchev–Trinajstić information content (AvgIpc) is 3.71. The van der Waals surface area contributed by atoms with E-state index in [0.717, 1.165) is 87.4 Å². The van der Waals surface area contributed by atoms with Crippen LogP contribution >= 0.6 is 0 Å². The Morgan fingerprint density at radius 1 is 0.881 bits per heavy atom. The predicted molar refractivity (Wildman–Crippen MR) is 246 cm³/mol. The van der Waals surface area contributed by atoms with E-state index in [1.54, 1.807) is 24.4 Å². The summed E-state index contributed by atoms with van der Waals surface area (Å²) in [6.45, 7) is 7.49. The zero-order chi connectivity index (χ0) is 46.6. The van der Waals surface area contributed by atoms with Gasteiger partial charge in [-0.3, -0.25) is 19.1 Å². The first-order valence-electron chi connectivity index (χ1n) is 23.1. The van der Waals surface area contributed by atoms with Crippen molar-refractivity contribution in [3.8, 4) is 11.1 Å². The highest BCUT2D eigenvalue weighted by atomic mass is 32.2. The molecule has 0 bridgehead atoms. The molecule has 0 radical (unpaired) electrons. The van der Waals surface area contributed by atoms with Crippen molar-refractivity contribution in [2.24, 2.45) is 11.8 Å².